The topological polar surface area (TPSA) is 52.9 Å². The molecule has 0 radical (unpaired) electrons. The second-order valence-corrected chi connectivity index (χ2v) is 5.99. The SMILES string of the molecule is CC(C)c1ccccc1CC(=O)NC1CC(CC#N)C1. The first-order valence-corrected chi connectivity index (χ1v) is 7.34. The van der Waals surface area contributed by atoms with Gasteiger partial charge in [-0.15, -0.1) is 0 Å². The molecule has 1 amide bonds. The molecule has 1 aromatic rings. The minimum absolute atomic E-state index is 0.0958. The maximum absolute atomic E-state index is 12.1. The van der Waals surface area contributed by atoms with E-state index in [1.54, 1.807) is 0 Å². The van der Waals surface area contributed by atoms with Crippen LogP contribution in [0.15, 0.2) is 24.3 Å². The molecule has 0 aliphatic heterocycles. The zero-order valence-electron chi connectivity index (χ0n) is 12.2. The van der Waals surface area contributed by atoms with Gasteiger partial charge in [0.2, 0.25) is 5.91 Å². The predicted octanol–water partition coefficient (Wildman–Crippen LogP) is 3.16. The van der Waals surface area contributed by atoms with Crippen LogP contribution >= 0.6 is 0 Å². The monoisotopic (exact) mass is 270 g/mol. The van der Waals surface area contributed by atoms with Gasteiger partial charge in [0.15, 0.2) is 0 Å². The number of nitrogens with zero attached hydrogens (tertiary/aromatic N) is 1. The Bertz CT molecular complexity index is 510. The van der Waals surface area contributed by atoms with Crippen molar-refractivity contribution in [1.82, 2.24) is 5.32 Å². The minimum atomic E-state index is 0.0958. The van der Waals surface area contributed by atoms with Gasteiger partial charge in [-0.25, -0.2) is 0 Å². The lowest BCUT2D eigenvalue weighted by atomic mass is 9.78. The highest BCUT2D eigenvalue weighted by Gasteiger charge is 2.29. The lowest BCUT2D eigenvalue weighted by Gasteiger charge is -2.34. The molecule has 1 aliphatic carbocycles. The summed E-state index contributed by atoms with van der Waals surface area (Å²) in [4.78, 5) is 12.1. The van der Waals surface area contributed by atoms with Crippen LogP contribution < -0.4 is 5.32 Å². The molecule has 0 heterocycles. The van der Waals surface area contributed by atoms with Gasteiger partial charge in [0.05, 0.1) is 12.5 Å². The summed E-state index contributed by atoms with van der Waals surface area (Å²) in [6.45, 7) is 4.30. The molecule has 1 N–H and O–H groups in total. The fraction of sp³-hybridized carbons (Fsp3) is 0.529. The fourth-order valence-electron chi connectivity index (χ4n) is 2.86. The second-order valence-electron chi connectivity index (χ2n) is 5.99. The van der Waals surface area contributed by atoms with Gasteiger partial charge in [-0.1, -0.05) is 38.1 Å². The standard InChI is InChI=1S/C17H22N2O/c1-12(2)16-6-4-3-5-14(16)11-17(20)19-15-9-13(10-15)7-8-18/h3-6,12-13,15H,7,9-11H2,1-2H3,(H,19,20). The van der Waals surface area contributed by atoms with Gasteiger partial charge in [0.25, 0.3) is 0 Å². The van der Waals surface area contributed by atoms with Gasteiger partial charge < -0.3 is 5.32 Å². The number of nitriles is 1. The van der Waals surface area contributed by atoms with Crippen molar-refractivity contribution in [2.75, 3.05) is 0 Å². The van der Waals surface area contributed by atoms with E-state index < -0.39 is 0 Å². The second kappa shape index (κ2) is 6.56. The third-order valence-corrected chi connectivity index (χ3v) is 4.01. The van der Waals surface area contributed by atoms with E-state index in [2.05, 4.69) is 31.3 Å². The van der Waals surface area contributed by atoms with Crippen molar-refractivity contribution in [2.24, 2.45) is 5.92 Å². The van der Waals surface area contributed by atoms with Gasteiger partial charge >= 0.3 is 0 Å². The van der Waals surface area contributed by atoms with Crippen molar-refractivity contribution in [1.29, 1.82) is 5.26 Å². The number of benzene rings is 1. The van der Waals surface area contributed by atoms with Crippen molar-refractivity contribution < 1.29 is 4.79 Å². The Kier molecular flexibility index (Phi) is 4.79. The number of nitrogens with one attached hydrogen (secondary N) is 1. The van der Waals surface area contributed by atoms with Crippen molar-refractivity contribution in [3.05, 3.63) is 35.4 Å². The van der Waals surface area contributed by atoms with Crippen LogP contribution in [0.25, 0.3) is 0 Å². The van der Waals surface area contributed by atoms with E-state index >= 15 is 0 Å². The maximum Gasteiger partial charge on any atom is 0.224 e. The van der Waals surface area contributed by atoms with Crippen LogP contribution in [0.4, 0.5) is 0 Å². The lowest BCUT2D eigenvalue weighted by Crippen LogP contribution is -2.44. The van der Waals surface area contributed by atoms with Crippen LogP contribution in [0.3, 0.4) is 0 Å². The molecule has 3 nitrogen and oxygen atoms in total. The first-order chi connectivity index (χ1) is 9.60. The summed E-state index contributed by atoms with van der Waals surface area (Å²) in [5.41, 5.74) is 2.37. The van der Waals surface area contributed by atoms with E-state index in [-0.39, 0.29) is 11.9 Å². The lowest BCUT2D eigenvalue weighted by molar-refractivity contribution is -0.122. The molecule has 2 rings (SSSR count). The van der Waals surface area contributed by atoms with E-state index in [9.17, 15) is 4.79 Å². The van der Waals surface area contributed by atoms with Crippen LogP contribution in [0.1, 0.15) is 50.2 Å². The molecule has 20 heavy (non-hydrogen) atoms. The smallest absolute Gasteiger partial charge is 0.224 e. The third-order valence-electron chi connectivity index (χ3n) is 4.01. The van der Waals surface area contributed by atoms with Crippen molar-refractivity contribution in [3.63, 3.8) is 0 Å². The molecule has 1 saturated carbocycles. The Morgan fingerprint density at radius 2 is 2.10 bits per heavy atom. The van der Waals surface area contributed by atoms with E-state index in [4.69, 9.17) is 5.26 Å². The molecule has 1 aromatic carbocycles. The first-order valence-electron chi connectivity index (χ1n) is 7.34. The summed E-state index contributed by atoms with van der Waals surface area (Å²) in [5, 5.41) is 11.7. The molecule has 0 saturated heterocycles. The summed E-state index contributed by atoms with van der Waals surface area (Å²) in [6, 6.07) is 10.6. The Balaban J connectivity index is 1.85. The Hall–Kier alpha value is -1.82. The van der Waals surface area contributed by atoms with E-state index in [0.717, 1.165) is 18.4 Å². The van der Waals surface area contributed by atoms with Crippen molar-refractivity contribution in [3.8, 4) is 6.07 Å². The Labute approximate surface area is 121 Å². The van der Waals surface area contributed by atoms with Crippen molar-refractivity contribution in [2.45, 2.75) is 51.5 Å². The number of amides is 1. The van der Waals surface area contributed by atoms with Gasteiger partial charge in [-0.05, 0) is 35.8 Å². The third kappa shape index (κ3) is 3.60. The van der Waals surface area contributed by atoms with Crippen molar-refractivity contribution >= 4 is 5.91 Å². The van der Waals surface area contributed by atoms with Gasteiger partial charge in [0, 0.05) is 12.5 Å². The molecule has 0 bridgehead atoms. The molecule has 0 unspecified atom stereocenters. The van der Waals surface area contributed by atoms with Crippen LogP contribution in [-0.4, -0.2) is 11.9 Å². The Morgan fingerprint density at radius 3 is 2.75 bits per heavy atom. The number of carbonyl (C=O) groups excluding carboxylic acids is 1. The van der Waals surface area contributed by atoms with Crippen LogP contribution in [0.5, 0.6) is 0 Å². The zero-order chi connectivity index (χ0) is 14.5. The number of carbonyl (C=O) groups is 1. The summed E-state index contributed by atoms with van der Waals surface area (Å²) < 4.78 is 0. The predicted molar refractivity (Wildman–Crippen MR) is 79.1 cm³/mol. The van der Waals surface area contributed by atoms with E-state index in [1.807, 2.05) is 18.2 Å². The summed E-state index contributed by atoms with van der Waals surface area (Å²) >= 11 is 0. The summed E-state index contributed by atoms with van der Waals surface area (Å²) in [6.07, 6.45) is 2.96. The van der Waals surface area contributed by atoms with Crippen LogP contribution in [0.2, 0.25) is 0 Å². The molecule has 0 atom stereocenters. The summed E-state index contributed by atoms with van der Waals surface area (Å²) in [5.74, 6) is 1.01. The largest absolute Gasteiger partial charge is 0.353 e. The highest BCUT2D eigenvalue weighted by molar-refractivity contribution is 5.79. The van der Waals surface area contributed by atoms with Gasteiger partial charge in [0.1, 0.15) is 0 Å². The number of hydrogen-bond acceptors (Lipinski definition) is 2. The van der Waals surface area contributed by atoms with Gasteiger partial charge in [-0.3, -0.25) is 4.79 Å². The molecule has 1 aliphatic rings. The molecular weight excluding hydrogens is 248 g/mol. The molecule has 0 spiro atoms. The number of hydrogen-bond donors (Lipinski definition) is 1. The average molecular weight is 270 g/mol. The zero-order valence-corrected chi connectivity index (χ0v) is 12.2. The van der Waals surface area contributed by atoms with Gasteiger partial charge in [-0.2, -0.15) is 5.26 Å². The normalized spacial score (nSPS) is 21.1. The first kappa shape index (κ1) is 14.6. The quantitative estimate of drug-likeness (QED) is 0.893. The minimum Gasteiger partial charge on any atom is -0.353 e. The van der Waals surface area contributed by atoms with E-state index in [0.29, 0.717) is 24.7 Å². The Morgan fingerprint density at radius 1 is 1.40 bits per heavy atom. The number of rotatable bonds is 5. The molecule has 0 aromatic heterocycles. The molecule has 1 fully saturated rings. The summed E-state index contributed by atoms with van der Waals surface area (Å²) in [7, 11) is 0. The molecule has 3 heteroatoms. The maximum atomic E-state index is 12.1. The average Bonchev–Trinajstić information content (AvgIpc) is 2.36. The fourth-order valence-corrected chi connectivity index (χ4v) is 2.86. The van der Waals surface area contributed by atoms with Crippen LogP contribution in [-0.2, 0) is 11.2 Å². The highest BCUT2D eigenvalue weighted by atomic mass is 16.1. The molecular formula is C17H22N2O. The van der Waals surface area contributed by atoms with Crippen LogP contribution in [0, 0.1) is 17.2 Å². The van der Waals surface area contributed by atoms with E-state index in [1.165, 1.54) is 5.56 Å². The molecule has 106 valence electrons. The highest BCUT2D eigenvalue weighted by Crippen LogP contribution is 2.30.